The van der Waals surface area contributed by atoms with Crippen molar-refractivity contribution in [2.75, 3.05) is 7.11 Å². The summed E-state index contributed by atoms with van der Waals surface area (Å²) in [5.41, 5.74) is 2.68. The summed E-state index contributed by atoms with van der Waals surface area (Å²) in [6.45, 7) is 0.0732. The molecule has 0 saturated carbocycles. The van der Waals surface area contributed by atoms with Crippen LogP contribution in [0.3, 0.4) is 0 Å². The van der Waals surface area contributed by atoms with Crippen LogP contribution in [0, 0.1) is 0 Å². The summed E-state index contributed by atoms with van der Waals surface area (Å²) in [4.78, 5) is 15.8. The number of hydrogen-bond donors (Lipinski definition) is 1. The van der Waals surface area contributed by atoms with Crippen LogP contribution in [0.25, 0.3) is 11.1 Å². The van der Waals surface area contributed by atoms with E-state index in [0.717, 1.165) is 28.0 Å². The van der Waals surface area contributed by atoms with E-state index in [1.807, 2.05) is 22.9 Å². The minimum Gasteiger partial charge on any atom is -0.465 e. The molecule has 3 rings (SSSR count). The molecule has 0 aromatic carbocycles. The number of hydrogen-bond acceptors (Lipinski definition) is 7. The lowest BCUT2D eigenvalue weighted by Gasteiger charge is -2.08. The zero-order valence-corrected chi connectivity index (χ0v) is 15.6. The lowest BCUT2D eigenvalue weighted by molar-refractivity contribution is 0.0602. The van der Waals surface area contributed by atoms with Crippen LogP contribution in [-0.4, -0.2) is 26.5 Å². The van der Waals surface area contributed by atoms with Gasteiger partial charge in [0, 0.05) is 24.5 Å². The van der Waals surface area contributed by atoms with Crippen LogP contribution in [0.4, 0.5) is 0 Å². The van der Waals surface area contributed by atoms with Crippen molar-refractivity contribution in [1.29, 1.82) is 0 Å². The smallest absolute Gasteiger partial charge is 0.349 e. The second-order valence-corrected chi connectivity index (χ2v) is 8.46. The number of nitrogens with zero attached hydrogens (tertiary/aromatic N) is 1. The number of thiophene rings is 2. The van der Waals surface area contributed by atoms with E-state index in [0.29, 0.717) is 0 Å². The van der Waals surface area contributed by atoms with Crippen molar-refractivity contribution in [3.8, 4) is 11.1 Å². The standard InChI is InChI=1S/C16H14N2O4S3/c1-22-16(19)15-14(3-5-24-15)25(20,21)18-8-11-6-13(9-17-7-11)12-2-4-23-10-12/h2-7,9-10,18H,8H2,1H3. The van der Waals surface area contributed by atoms with E-state index in [1.165, 1.54) is 13.2 Å². The van der Waals surface area contributed by atoms with Gasteiger partial charge in [0.05, 0.1) is 7.11 Å². The molecule has 3 aromatic rings. The number of carbonyl (C=O) groups is 1. The van der Waals surface area contributed by atoms with Gasteiger partial charge in [-0.15, -0.1) is 11.3 Å². The van der Waals surface area contributed by atoms with Crippen LogP contribution < -0.4 is 4.72 Å². The topological polar surface area (TPSA) is 85.4 Å². The first-order chi connectivity index (χ1) is 12.0. The average Bonchev–Trinajstić information content (AvgIpc) is 3.31. The van der Waals surface area contributed by atoms with Gasteiger partial charge in [0.25, 0.3) is 0 Å². The van der Waals surface area contributed by atoms with Gasteiger partial charge >= 0.3 is 5.97 Å². The monoisotopic (exact) mass is 394 g/mol. The predicted molar refractivity (Wildman–Crippen MR) is 97.2 cm³/mol. The average molecular weight is 394 g/mol. The Bertz CT molecular complexity index is 978. The van der Waals surface area contributed by atoms with Gasteiger partial charge in [-0.25, -0.2) is 17.9 Å². The highest BCUT2D eigenvalue weighted by atomic mass is 32.2. The van der Waals surface area contributed by atoms with E-state index < -0.39 is 16.0 Å². The van der Waals surface area contributed by atoms with E-state index >= 15 is 0 Å². The minimum atomic E-state index is -3.83. The number of nitrogens with one attached hydrogen (secondary N) is 1. The van der Waals surface area contributed by atoms with Crippen LogP contribution in [0.2, 0.25) is 0 Å². The van der Waals surface area contributed by atoms with E-state index in [1.54, 1.807) is 29.1 Å². The predicted octanol–water partition coefficient (Wildman–Crippen LogP) is 3.14. The maximum atomic E-state index is 12.5. The van der Waals surface area contributed by atoms with Crippen LogP contribution in [0.5, 0.6) is 0 Å². The molecular formula is C16H14N2O4S3. The SMILES string of the molecule is COC(=O)c1sccc1S(=O)(=O)NCc1cncc(-c2ccsc2)c1. The summed E-state index contributed by atoms with van der Waals surface area (Å²) in [6.07, 6.45) is 3.33. The van der Waals surface area contributed by atoms with Gasteiger partial charge in [-0.1, -0.05) is 0 Å². The normalized spacial score (nSPS) is 11.4. The molecule has 0 atom stereocenters. The third-order valence-electron chi connectivity index (χ3n) is 3.41. The molecule has 0 radical (unpaired) electrons. The second kappa shape index (κ2) is 7.44. The lowest BCUT2D eigenvalue weighted by Crippen LogP contribution is -2.24. The number of esters is 1. The summed E-state index contributed by atoms with van der Waals surface area (Å²) in [7, 11) is -2.62. The van der Waals surface area contributed by atoms with Crippen molar-refractivity contribution in [3.63, 3.8) is 0 Å². The highest BCUT2D eigenvalue weighted by Gasteiger charge is 2.24. The molecule has 0 aliphatic rings. The summed E-state index contributed by atoms with van der Waals surface area (Å²) in [5.74, 6) is -0.670. The first-order valence-electron chi connectivity index (χ1n) is 7.13. The molecule has 0 saturated heterocycles. The third-order valence-corrected chi connectivity index (χ3v) is 6.56. The summed E-state index contributed by atoms with van der Waals surface area (Å²) < 4.78 is 32.1. The molecule has 9 heteroatoms. The molecule has 3 aromatic heterocycles. The van der Waals surface area contributed by atoms with Crippen LogP contribution in [0.15, 0.2) is 51.6 Å². The van der Waals surface area contributed by atoms with Crippen LogP contribution >= 0.6 is 22.7 Å². The molecular weight excluding hydrogens is 380 g/mol. The van der Waals surface area contributed by atoms with E-state index in [9.17, 15) is 13.2 Å². The van der Waals surface area contributed by atoms with E-state index in [4.69, 9.17) is 0 Å². The number of sulfonamides is 1. The maximum absolute atomic E-state index is 12.5. The highest BCUT2D eigenvalue weighted by molar-refractivity contribution is 7.89. The minimum absolute atomic E-state index is 0.0557. The molecule has 0 bridgehead atoms. The third kappa shape index (κ3) is 3.96. The van der Waals surface area contributed by atoms with Crippen molar-refractivity contribution in [2.45, 2.75) is 11.4 Å². The largest absolute Gasteiger partial charge is 0.465 e. The number of rotatable bonds is 6. The Morgan fingerprint density at radius 3 is 2.80 bits per heavy atom. The Hall–Kier alpha value is -2.07. The van der Waals surface area contributed by atoms with Crippen molar-refractivity contribution in [1.82, 2.24) is 9.71 Å². The maximum Gasteiger partial charge on any atom is 0.349 e. The van der Waals surface area contributed by atoms with Gasteiger partial charge < -0.3 is 4.74 Å². The quantitative estimate of drug-likeness (QED) is 0.649. The molecule has 6 nitrogen and oxygen atoms in total. The van der Waals surface area contributed by atoms with Crippen LogP contribution in [0.1, 0.15) is 15.2 Å². The summed E-state index contributed by atoms with van der Waals surface area (Å²) >= 11 is 2.61. The van der Waals surface area contributed by atoms with E-state index in [-0.39, 0.29) is 16.3 Å². The molecule has 0 amide bonds. The molecule has 0 unspecified atom stereocenters. The number of ether oxygens (including phenoxy) is 1. The number of aromatic nitrogens is 1. The Morgan fingerprint density at radius 2 is 2.08 bits per heavy atom. The van der Waals surface area contributed by atoms with Gasteiger partial charge in [-0.2, -0.15) is 11.3 Å². The Morgan fingerprint density at radius 1 is 1.24 bits per heavy atom. The molecule has 0 aliphatic heterocycles. The van der Waals surface area contributed by atoms with Gasteiger partial charge in [0.2, 0.25) is 10.0 Å². The Balaban J connectivity index is 1.78. The van der Waals surface area contributed by atoms with Crippen molar-refractivity contribution in [2.24, 2.45) is 0 Å². The number of methoxy groups -OCH3 is 1. The molecule has 0 fully saturated rings. The fourth-order valence-electron chi connectivity index (χ4n) is 2.18. The second-order valence-electron chi connectivity index (χ2n) is 5.02. The van der Waals surface area contributed by atoms with Gasteiger partial charge in [0.1, 0.15) is 9.77 Å². The molecule has 0 aliphatic carbocycles. The number of pyridine rings is 1. The van der Waals surface area contributed by atoms with Crippen molar-refractivity contribution in [3.05, 3.63) is 57.2 Å². The van der Waals surface area contributed by atoms with E-state index in [2.05, 4.69) is 14.4 Å². The van der Waals surface area contributed by atoms with Gasteiger partial charge in [-0.3, -0.25) is 4.98 Å². The lowest BCUT2D eigenvalue weighted by atomic mass is 10.1. The first-order valence-corrected chi connectivity index (χ1v) is 10.4. The molecule has 1 N–H and O–H groups in total. The van der Waals surface area contributed by atoms with Gasteiger partial charge in [0.15, 0.2) is 0 Å². The Kier molecular flexibility index (Phi) is 5.28. The molecule has 25 heavy (non-hydrogen) atoms. The van der Waals surface area contributed by atoms with Crippen LogP contribution in [-0.2, 0) is 21.3 Å². The molecule has 130 valence electrons. The van der Waals surface area contributed by atoms with Gasteiger partial charge in [-0.05, 0) is 45.5 Å². The fraction of sp³-hybridized carbons (Fsp3) is 0.125. The van der Waals surface area contributed by atoms with Crippen molar-refractivity contribution < 1.29 is 17.9 Å². The summed E-state index contributed by atoms with van der Waals surface area (Å²) in [6, 6.07) is 5.25. The zero-order valence-electron chi connectivity index (χ0n) is 13.1. The number of carbonyl (C=O) groups excluding carboxylic acids is 1. The molecule has 0 spiro atoms. The van der Waals surface area contributed by atoms with Crippen molar-refractivity contribution >= 4 is 38.7 Å². The molecule has 3 heterocycles. The Labute approximate surface area is 153 Å². The highest BCUT2D eigenvalue weighted by Crippen LogP contribution is 2.24. The summed E-state index contributed by atoms with van der Waals surface area (Å²) in [5, 5.41) is 5.51. The first kappa shape index (κ1) is 17.7. The fourth-order valence-corrected chi connectivity index (χ4v) is 5.19. The zero-order chi connectivity index (χ0) is 17.9.